The number of hydrogen-bond donors (Lipinski definition) is 1. The molecule has 2 rings (SSSR count). The molecule has 2 aromatic rings. The van der Waals surface area contributed by atoms with E-state index in [1.807, 2.05) is 30.3 Å². The van der Waals surface area contributed by atoms with Crippen LogP contribution < -0.4 is 10.1 Å². The molecule has 0 aliphatic rings. The minimum atomic E-state index is -0.506. The van der Waals surface area contributed by atoms with Crippen LogP contribution in [0.2, 0.25) is 0 Å². The van der Waals surface area contributed by atoms with E-state index in [-0.39, 0.29) is 5.56 Å². The Morgan fingerprint density at radius 2 is 2.05 bits per heavy atom. The fraction of sp³-hybridized carbons (Fsp3) is 0.235. The second-order valence-electron chi connectivity index (χ2n) is 4.64. The summed E-state index contributed by atoms with van der Waals surface area (Å²) in [7, 11) is 0. The Balaban J connectivity index is 2.01. The molecule has 108 valence electrons. The van der Waals surface area contributed by atoms with Gasteiger partial charge in [-0.25, -0.2) is 4.39 Å². The van der Waals surface area contributed by atoms with Crippen LogP contribution in [0.15, 0.2) is 42.5 Å². The summed E-state index contributed by atoms with van der Waals surface area (Å²) in [5.74, 6) is 0.252. The molecule has 0 saturated heterocycles. The van der Waals surface area contributed by atoms with Crippen molar-refractivity contribution in [2.24, 2.45) is 0 Å². The number of nitriles is 1. The number of nitrogens with zero attached hydrogens (tertiary/aromatic N) is 1. The molecule has 0 aromatic heterocycles. The molecular weight excluding hydrogens is 267 g/mol. The van der Waals surface area contributed by atoms with Gasteiger partial charge in [0.25, 0.3) is 0 Å². The zero-order valence-corrected chi connectivity index (χ0v) is 11.9. The predicted molar refractivity (Wildman–Crippen MR) is 79.3 cm³/mol. The molecule has 1 N–H and O–H groups in total. The van der Waals surface area contributed by atoms with Crippen molar-refractivity contribution < 1.29 is 9.13 Å². The molecule has 0 heterocycles. The topological polar surface area (TPSA) is 45.0 Å². The Labute approximate surface area is 124 Å². The summed E-state index contributed by atoms with van der Waals surface area (Å²) in [6, 6.07) is 14.1. The molecule has 0 aliphatic carbocycles. The number of ether oxygens (including phenoxy) is 1. The van der Waals surface area contributed by atoms with Crippen molar-refractivity contribution in [2.75, 3.05) is 6.54 Å². The van der Waals surface area contributed by atoms with Gasteiger partial charge in [0.2, 0.25) is 0 Å². The van der Waals surface area contributed by atoms with Crippen LogP contribution in [0.1, 0.15) is 23.6 Å². The lowest BCUT2D eigenvalue weighted by atomic mass is 10.1. The summed E-state index contributed by atoms with van der Waals surface area (Å²) in [5, 5.41) is 12.1. The van der Waals surface area contributed by atoms with Crippen LogP contribution in [0.25, 0.3) is 0 Å². The van der Waals surface area contributed by atoms with Gasteiger partial charge in [-0.1, -0.05) is 25.1 Å². The second-order valence-corrected chi connectivity index (χ2v) is 4.64. The molecule has 2 aromatic carbocycles. The van der Waals surface area contributed by atoms with Gasteiger partial charge in [0.05, 0.1) is 5.56 Å². The lowest BCUT2D eigenvalue weighted by Crippen LogP contribution is -2.11. The number of rotatable bonds is 6. The van der Waals surface area contributed by atoms with E-state index in [0.717, 1.165) is 30.0 Å². The quantitative estimate of drug-likeness (QED) is 0.884. The van der Waals surface area contributed by atoms with Crippen molar-refractivity contribution in [3.05, 3.63) is 65.0 Å². The molecule has 0 radical (unpaired) electrons. The van der Waals surface area contributed by atoms with Crippen LogP contribution in [0.3, 0.4) is 0 Å². The predicted octanol–water partition coefficient (Wildman–Crippen LogP) is 3.39. The Morgan fingerprint density at radius 1 is 1.19 bits per heavy atom. The molecule has 0 spiro atoms. The van der Waals surface area contributed by atoms with Crippen LogP contribution in [-0.4, -0.2) is 6.54 Å². The maximum Gasteiger partial charge on any atom is 0.140 e. The van der Waals surface area contributed by atoms with E-state index < -0.39 is 5.82 Å². The number of benzene rings is 2. The fourth-order valence-corrected chi connectivity index (χ4v) is 1.93. The van der Waals surface area contributed by atoms with Gasteiger partial charge in [0, 0.05) is 6.54 Å². The summed E-state index contributed by atoms with van der Waals surface area (Å²) in [5.41, 5.74) is 1.95. The minimum Gasteiger partial charge on any atom is -0.489 e. The highest BCUT2D eigenvalue weighted by Gasteiger charge is 2.04. The summed E-state index contributed by atoms with van der Waals surface area (Å²) >= 11 is 0. The summed E-state index contributed by atoms with van der Waals surface area (Å²) in [4.78, 5) is 0. The van der Waals surface area contributed by atoms with Gasteiger partial charge in [0.1, 0.15) is 24.2 Å². The van der Waals surface area contributed by atoms with Crippen LogP contribution in [0.5, 0.6) is 5.75 Å². The van der Waals surface area contributed by atoms with Gasteiger partial charge >= 0.3 is 0 Å². The molecule has 0 fully saturated rings. The maximum absolute atomic E-state index is 13.2. The first-order valence-electron chi connectivity index (χ1n) is 6.84. The lowest BCUT2D eigenvalue weighted by Gasteiger charge is -2.09. The van der Waals surface area contributed by atoms with Gasteiger partial charge in [-0.05, 0) is 41.9 Å². The highest BCUT2D eigenvalue weighted by Crippen LogP contribution is 2.16. The van der Waals surface area contributed by atoms with E-state index in [1.165, 1.54) is 12.1 Å². The molecule has 0 atom stereocenters. The van der Waals surface area contributed by atoms with Crippen molar-refractivity contribution in [2.45, 2.75) is 20.1 Å². The molecule has 0 amide bonds. The maximum atomic E-state index is 13.2. The third-order valence-corrected chi connectivity index (χ3v) is 3.03. The first-order valence-corrected chi connectivity index (χ1v) is 6.84. The van der Waals surface area contributed by atoms with E-state index in [1.54, 1.807) is 6.07 Å². The smallest absolute Gasteiger partial charge is 0.140 e. The van der Waals surface area contributed by atoms with Gasteiger partial charge in [0.15, 0.2) is 0 Å². The Morgan fingerprint density at radius 3 is 2.81 bits per heavy atom. The second kappa shape index (κ2) is 7.41. The first-order chi connectivity index (χ1) is 10.2. The van der Waals surface area contributed by atoms with E-state index in [9.17, 15) is 4.39 Å². The molecule has 4 heteroatoms. The zero-order valence-electron chi connectivity index (χ0n) is 11.9. The van der Waals surface area contributed by atoms with Crippen molar-refractivity contribution in [3.8, 4) is 11.8 Å². The van der Waals surface area contributed by atoms with E-state index in [2.05, 4.69) is 12.2 Å². The molecule has 0 aliphatic heterocycles. The Kier molecular flexibility index (Phi) is 5.30. The summed E-state index contributed by atoms with van der Waals surface area (Å²) in [6.07, 6.45) is 0. The average Bonchev–Trinajstić information content (AvgIpc) is 2.52. The van der Waals surface area contributed by atoms with Crippen LogP contribution in [-0.2, 0) is 13.2 Å². The normalized spacial score (nSPS) is 10.1. The largest absolute Gasteiger partial charge is 0.489 e. The van der Waals surface area contributed by atoms with Gasteiger partial charge in [-0.3, -0.25) is 0 Å². The molecule has 21 heavy (non-hydrogen) atoms. The Bertz CT molecular complexity index is 649. The average molecular weight is 284 g/mol. The minimum absolute atomic E-state index is 0.0389. The third kappa shape index (κ3) is 4.30. The van der Waals surface area contributed by atoms with E-state index in [4.69, 9.17) is 10.00 Å². The van der Waals surface area contributed by atoms with Gasteiger partial charge in [-0.2, -0.15) is 5.26 Å². The monoisotopic (exact) mass is 284 g/mol. The zero-order chi connectivity index (χ0) is 15.1. The van der Waals surface area contributed by atoms with Gasteiger partial charge < -0.3 is 10.1 Å². The van der Waals surface area contributed by atoms with Crippen LogP contribution in [0, 0.1) is 17.1 Å². The summed E-state index contributed by atoms with van der Waals surface area (Å²) < 4.78 is 18.9. The SMILES string of the molecule is CCNCc1cccc(OCc2ccc(F)c(C#N)c2)c1. The molecular formula is C17H17FN2O. The van der Waals surface area contributed by atoms with Crippen LogP contribution >= 0.6 is 0 Å². The molecule has 0 unspecified atom stereocenters. The van der Waals surface area contributed by atoms with Crippen molar-refractivity contribution >= 4 is 0 Å². The molecule has 0 saturated carbocycles. The number of halogens is 1. The van der Waals surface area contributed by atoms with E-state index in [0.29, 0.717) is 6.61 Å². The Hall–Kier alpha value is -2.38. The van der Waals surface area contributed by atoms with Crippen molar-refractivity contribution in [3.63, 3.8) is 0 Å². The lowest BCUT2D eigenvalue weighted by molar-refractivity contribution is 0.305. The first kappa shape index (κ1) is 15.0. The number of hydrogen-bond acceptors (Lipinski definition) is 3. The standard InChI is InChI=1S/C17H17FN2O/c1-2-20-11-13-4-3-5-16(9-13)21-12-14-6-7-17(18)15(8-14)10-19/h3-9,20H,2,11-12H2,1H3. The molecule has 0 bridgehead atoms. The van der Waals surface area contributed by atoms with Crippen molar-refractivity contribution in [1.29, 1.82) is 5.26 Å². The third-order valence-electron chi connectivity index (χ3n) is 3.03. The summed E-state index contributed by atoms with van der Waals surface area (Å²) in [6.45, 7) is 4.07. The highest BCUT2D eigenvalue weighted by atomic mass is 19.1. The van der Waals surface area contributed by atoms with Crippen LogP contribution in [0.4, 0.5) is 4.39 Å². The molecule has 3 nitrogen and oxygen atoms in total. The number of nitrogens with one attached hydrogen (secondary N) is 1. The van der Waals surface area contributed by atoms with Crippen molar-refractivity contribution in [1.82, 2.24) is 5.32 Å². The van der Waals surface area contributed by atoms with Gasteiger partial charge in [-0.15, -0.1) is 0 Å². The fourth-order valence-electron chi connectivity index (χ4n) is 1.93. The highest BCUT2D eigenvalue weighted by molar-refractivity contribution is 5.34. The van der Waals surface area contributed by atoms with E-state index >= 15 is 0 Å².